The van der Waals surface area contributed by atoms with Crippen LogP contribution in [0.1, 0.15) is 23.1 Å². The summed E-state index contributed by atoms with van der Waals surface area (Å²) in [4.78, 5) is 26.7. The summed E-state index contributed by atoms with van der Waals surface area (Å²) in [5.41, 5.74) is 2.74. The fourth-order valence-electron chi connectivity index (χ4n) is 3.92. The molecule has 0 saturated carbocycles. The van der Waals surface area contributed by atoms with Crippen molar-refractivity contribution in [2.24, 2.45) is 5.92 Å². The smallest absolute Gasteiger partial charge is 0.229 e. The molecule has 2 heterocycles. The molecule has 6 nitrogen and oxygen atoms in total. The van der Waals surface area contributed by atoms with Gasteiger partial charge in [-0.05, 0) is 47.9 Å². The van der Waals surface area contributed by atoms with Gasteiger partial charge in [-0.15, -0.1) is 0 Å². The van der Waals surface area contributed by atoms with Gasteiger partial charge < -0.3 is 20.3 Å². The maximum atomic E-state index is 14.8. The number of carbonyl (C=O) groups excluding carboxylic acids is 2. The number of ether oxygens (including phenoxy) is 1. The van der Waals surface area contributed by atoms with Gasteiger partial charge in [0.25, 0.3) is 0 Å². The molecular weight excluding hydrogens is 373 g/mol. The summed E-state index contributed by atoms with van der Waals surface area (Å²) < 4.78 is 19.9. The Morgan fingerprint density at radius 3 is 2.83 bits per heavy atom. The molecule has 2 N–H and O–H groups in total. The Bertz CT molecular complexity index is 930. The lowest BCUT2D eigenvalue weighted by Crippen LogP contribution is -2.29. The highest BCUT2D eigenvalue weighted by molar-refractivity contribution is 5.97. The normalized spacial score (nSPS) is 18.5. The van der Waals surface area contributed by atoms with Crippen molar-refractivity contribution in [3.63, 3.8) is 0 Å². The fraction of sp³-hybridized carbons (Fsp3) is 0.364. The number of benzene rings is 2. The van der Waals surface area contributed by atoms with E-state index in [0.29, 0.717) is 31.6 Å². The largest absolute Gasteiger partial charge is 0.497 e. The average molecular weight is 397 g/mol. The van der Waals surface area contributed by atoms with Crippen LogP contribution in [-0.2, 0) is 29.1 Å². The van der Waals surface area contributed by atoms with E-state index in [1.54, 1.807) is 18.1 Å². The predicted molar refractivity (Wildman–Crippen MR) is 107 cm³/mol. The number of halogens is 1. The van der Waals surface area contributed by atoms with E-state index in [9.17, 15) is 14.0 Å². The third-order valence-corrected chi connectivity index (χ3v) is 5.58. The number of fused-ring (bicyclic) bond motifs is 1. The number of likely N-dealkylation sites (tertiary alicyclic amines) is 1. The molecule has 0 radical (unpaired) electrons. The molecule has 2 aliphatic rings. The number of nitrogens with one attached hydrogen (secondary N) is 2. The summed E-state index contributed by atoms with van der Waals surface area (Å²) in [6, 6.07) is 10.9. The average Bonchev–Trinajstić information content (AvgIpc) is 3.11. The van der Waals surface area contributed by atoms with E-state index in [1.807, 2.05) is 30.3 Å². The Balaban J connectivity index is 1.40. The molecule has 1 fully saturated rings. The first-order valence-electron chi connectivity index (χ1n) is 9.77. The number of rotatable bonds is 5. The number of hydrogen-bond donors (Lipinski definition) is 2. The first-order chi connectivity index (χ1) is 14.0. The molecule has 2 aliphatic heterocycles. The van der Waals surface area contributed by atoms with Gasteiger partial charge in [0.2, 0.25) is 11.8 Å². The highest BCUT2D eigenvalue weighted by Crippen LogP contribution is 2.27. The van der Waals surface area contributed by atoms with Crippen molar-refractivity contribution in [1.29, 1.82) is 0 Å². The molecule has 2 aromatic rings. The number of methoxy groups -OCH3 is 1. The zero-order chi connectivity index (χ0) is 20.4. The van der Waals surface area contributed by atoms with Gasteiger partial charge in [0.05, 0.1) is 18.7 Å². The molecule has 1 atom stereocenters. The summed E-state index contributed by atoms with van der Waals surface area (Å²) in [6.07, 6.45) is 0.737. The Morgan fingerprint density at radius 2 is 2.07 bits per heavy atom. The lowest BCUT2D eigenvalue weighted by atomic mass is 9.99. The van der Waals surface area contributed by atoms with Crippen LogP contribution in [0, 0.1) is 11.7 Å². The van der Waals surface area contributed by atoms with Crippen molar-refractivity contribution in [3.8, 4) is 5.75 Å². The number of hydrogen-bond acceptors (Lipinski definition) is 4. The van der Waals surface area contributed by atoms with Gasteiger partial charge in [0, 0.05) is 26.1 Å². The summed E-state index contributed by atoms with van der Waals surface area (Å²) in [7, 11) is 1.60. The summed E-state index contributed by atoms with van der Waals surface area (Å²) >= 11 is 0. The van der Waals surface area contributed by atoms with Crippen molar-refractivity contribution in [1.82, 2.24) is 10.2 Å². The van der Waals surface area contributed by atoms with Gasteiger partial charge in [-0.25, -0.2) is 4.39 Å². The molecule has 1 unspecified atom stereocenters. The van der Waals surface area contributed by atoms with Crippen LogP contribution in [0.2, 0.25) is 0 Å². The third-order valence-electron chi connectivity index (χ3n) is 5.58. The molecule has 0 aliphatic carbocycles. The van der Waals surface area contributed by atoms with E-state index in [4.69, 9.17) is 4.74 Å². The van der Waals surface area contributed by atoms with E-state index in [2.05, 4.69) is 10.6 Å². The minimum atomic E-state index is -0.488. The quantitative estimate of drug-likeness (QED) is 0.813. The van der Waals surface area contributed by atoms with Crippen LogP contribution in [-0.4, -0.2) is 36.9 Å². The third kappa shape index (κ3) is 4.10. The van der Waals surface area contributed by atoms with Crippen LogP contribution in [0.5, 0.6) is 5.75 Å². The van der Waals surface area contributed by atoms with Gasteiger partial charge in [-0.2, -0.15) is 0 Å². The molecule has 29 heavy (non-hydrogen) atoms. The Kier molecular flexibility index (Phi) is 5.49. The second-order valence-corrected chi connectivity index (χ2v) is 7.50. The Morgan fingerprint density at radius 1 is 1.28 bits per heavy atom. The predicted octanol–water partition coefficient (Wildman–Crippen LogP) is 2.47. The molecule has 0 aromatic heterocycles. The SMILES string of the molecule is COc1ccc(CN2CC(C(=O)Nc3ccc4c(c3F)CCNC4)CC2=O)cc1. The molecule has 2 aromatic carbocycles. The second kappa shape index (κ2) is 8.21. The van der Waals surface area contributed by atoms with Crippen molar-refractivity contribution in [3.05, 3.63) is 58.9 Å². The zero-order valence-electron chi connectivity index (χ0n) is 16.3. The van der Waals surface area contributed by atoms with Gasteiger partial charge in [0.1, 0.15) is 11.6 Å². The molecule has 0 spiro atoms. The van der Waals surface area contributed by atoms with Crippen molar-refractivity contribution < 1.29 is 18.7 Å². The molecule has 7 heteroatoms. The number of carbonyl (C=O) groups is 2. The summed E-state index contributed by atoms with van der Waals surface area (Å²) in [5.74, 6) is -0.488. The van der Waals surface area contributed by atoms with Crippen LogP contribution < -0.4 is 15.4 Å². The molecule has 1 saturated heterocycles. The highest BCUT2D eigenvalue weighted by atomic mass is 19.1. The number of amides is 2. The molecule has 0 bridgehead atoms. The standard InChI is InChI=1S/C22H24FN3O3/c1-29-17-5-2-14(3-6-17)12-26-13-16(10-20(26)27)22(28)25-19-7-4-15-11-24-9-8-18(15)21(19)23/h2-7,16,24H,8-13H2,1H3,(H,25,28). The van der Waals surface area contributed by atoms with Gasteiger partial charge in [0.15, 0.2) is 0 Å². The van der Waals surface area contributed by atoms with E-state index < -0.39 is 5.92 Å². The summed E-state index contributed by atoms with van der Waals surface area (Å²) in [5, 5.41) is 5.90. The van der Waals surface area contributed by atoms with Crippen LogP contribution in [0.4, 0.5) is 10.1 Å². The minimum absolute atomic E-state index is 0.0713. The maximum absolute atomic E-state index is 14.8. The molecule has 2 amide bonds. The van der Waals surface area contributed by atoms with Crippen molar-refractivity contribution in [2.45, 2.75) is 25.9 Å². The first-order valence-corrected chi connectivity index (χ1v) is 9.77. The highest BCUT2D eigenvalue weighted by Gasteiger charge is 2.34. The fourth-order valence-corrected chi connectivity index (χ4v) is 3.92. The topological polar surface area (TPSA) is 70.7 Å². The van der Waals surface area contributed by atoms with Crippen molar-refractivity contribution in [2.75, 3.05) is 25.5 Å². The van der Waals surface area contributed by atoms with Crippen LogP contribution in [0.3, 0.4) is 0 Å². The minimum Gasteiger partial charge on any atom is -0.497 e. The Labute approximate surface area is 169 Å². The maximum Gasteiger partial charge on any atom is 0.229 e. The van der Waals surface area contributed by atoms with Crippen LogP contribution in [0.25, 0.3) is 0 Å². The van der Waals surface area contributed by atoms with Gasteiger partial charge in [-0.1, -0.05) is 18.2 Å². The van der Waals surface area contributed by atoms with Gasteiger partial charge in [-0.3, -0.25) is 9.59 Å². The number of anilines is 1. The summed E-state index contributed by atoms with van der Waals surface area (Å²) in [6.45, 7) is 2.12. The van der Waals surface area contributed by atoms with E-state index in [-0.39, 0.29) is 29.7 Å². The lowest BCUT2D eigenvalue weighted by molar-refractivity contribution is -0.128. The van der Waals surface area contributed by atoms with E-state index in [0.717, 1.165) is 23.4 Å². The monoisotopic (exact) mass is 397 g/mol. The molecule has 152 valence electrons. The van der Waals surface area contributed by atoms with Crippen molar-refractivity contribution >= 4 is 17.5 Å². The lowest BCUT2D eigenvalue weighted by Gasteiger charge is -2.20. The Hall–Kier alpha value is -2.93. The molecule has 4 rings (SSSR count). The van der Waals surface area contributed by atoms with E-state index >= 15 is 0 Å². The van der Waals surface area contributed by atoms with Gasteiger partial charge >= 0.3 is 0 Å². The molecular formula is C22H24FN3O3. The van der Waals surface area contributed by atoms with Crippen LogP contribution >= 0.6 is 0 Å². The zero-order valence-corrected chi connectivity index (χ0v) is 16.3. The van der Waals surface area contributed by atoms with Crippen LogP contribution in [0.15, 0.2) is 36.4 Å². The first kappa shape index (κ1) is 19.4. The van der Waals surface area contributed by atoms with E-state index in [1.165, 1.54) is 0 Å². The second-order valence-electron chi connectivity index (χ2n) is 7.50. The number of nitrogens with zero attached hydrogens (tertiary/aromatic N) is 1.